The highest BCUT2D eigenvalue weighted by Crippen LogP contribution is 2.45. The van der Waals surface area contributed by atoms with Gasteiger partial charge in [0.2, 0.25) is 0 Å². The molecular weight excluding hydrogens is 793 g/mol. The van der Waals surface area contributed by atoms with Crippen molar-refractivity contribution in [1.82, 2.24) is 5.32 Å². The maximum Gasteiger partial charge on any atom is 0.366 e. The van der Waals surface area contributed by atoms with E-state index in [1.165, 1.54) is 0 Å². The molecule has 22 heteroatoms. The van der Waals surface area contributed by atoms with Gasteiger partial charge in [-0.25, -0.2) is 4.79 Å². The zero-order chi connectivity index (χ0) is 40.6. The van der Waals surface area contributed by atoms with Crippen molar-refractivity contribution in [3.63, 3.8) is 0 Å². The zero-order valence-electron chi connectivity index (χ0n) is 30.9. The van der Waals surface area contributed by atoms with Crippen molar-refractivity contribution in [3.05, 3.63) is 0 Å². The van der Waals surface area contributed by atoms with Gasteiger partial charge in [-0.05, 0) is 27.7 Å². The highest BCUT2D eigenvalue weighted by molar-refractivity contribution is 6.76. The number of fused-ring (bicyclic) bond motifs is 3. The summed E-state index contributed by atoms with van der Waals surface area (Å²) in [5.41, 5.74) is 0. The normalized spacial score (nSPS) is 33.6. The highest BCUT2D eigenvalue weighted by Gasteiger charge is 2.63. The van der Waals surface area contributed by atoms with E-state index in [1.807, 2.05) is 0 Å². The highest BCUT2D eigenvalue weighted by atomic mass is 35.6. The van der Waals surface area contributed by atoms with Gasteiger partial charge in [-0.3, -0.25) is 24.0 Å². The lowest BCUT2D eigenvalue weighted by molar-refractivity contribution is -0.327. The van der Waals surface area contributed by atoms with Crippen LogP contribution in [0, 0.1) is 0 Å². The maximum atomic E-state index is 13.9. The topological polar surface area (TPSA) is 225 Å². The molecule has 0 spiro atoms. The van der Waals surface area contributed by atoms with Crippen molar-refractivity contribution >= 4 is 70.6 Å². The lowest BCUT2D eigenvalue weighted by Gasteiger charge is -2.49. The van der Waals surface area contributed by atoms with E-state index in [4.69, 9.17) is 91.6 Å². The Kier molecular flexibility index (Phi) is 13.8. The van der Waals surface area contributed by atoms with Crippen molar-refractivity contribution in [2.75, 3.05) is 20.3 Å². The van der Waals surface area contributed by atoms with E-state index in [0.29, 0.717) is 0 Å². The molecule has 0 unspecified atom stereocenters. The lowest BCUT2D eigenvalue weighted by Crippen LogP contribution is -2.70. The Morgan fingerprint density at radius 2 is 1.39 bits per heavy atom. The molecule has 4 fully saturated rings. The molecule has 54 heavy (non-hydrogen) atoms. The van der Waals surface area contributed by atoms with Gasteiger partial charge in [0.1, 0.15) is 43.2 Å². The first-order valence-corrected chi connectivity index (χ1v) is 17.8. The minimum atomic E-state index is -2.60. The predicted octanol–water partition coefficient (Wildman–Crippen LogP) is 1.27. The van der Waals surface area contributed by atoms with Crippen LogP contribution in [-0.2, 0) is 85.6 Å². The third-order valence-electron chi connectivity index (χ3n) is 8.41. The molecule has 0 aromatic rings. The van der Waals surface area contributed by atoms with Crippen LogP contribution in [0.15, 0.2) is 0 Å². The number of carbonyl (C=O) groups is 6. The summed E-state index contributed by atoms with van der Waals surface area (Å²) in [6, 6.07) is -1.65. The second kappa shape index (κ2) is 16.9. The van der Waals surface area contributed by atoms with Crippen molar-refractivity contribution in [3.8, 4) is 0 Å². The fourth-order valence-electron chi connectivity index (χ4n) is 6.59. The molecule has 4 aliphatic heterocycles. The van der Waals surface area contributed by atoms with E-state index < -0.39 is 138 Å². The van der Waals surface area contributed by atoms with Crippen LogP contribution in [0.5, 0.6) is 0 Å². The maximum absolute atomic E-state index is 13.9. The van der Waals surface area contributed by atoms with Gasteiger partial charge in [0.25, 0.3) is 15.5 Å². The second-order valence-electron chi connectivity index (χ2n) is 13.7. The standard InChI is InChI=1S/C32H44Cl3NO18/c1-13(37)44-11-18(47-15(3)39)21(48-16(4)40)23-20(36-27(41)32(33,34)35)17(46-14(2)38)10-31(53-23,28(42)43-9)45-12-19-22-24(51-29(5,6)50-22)25-26(49-19)54-30(7,8)52-25/h17-26H,10-12H2,1-9H3,(H,36,41)/t17-,18+,19+,20+,21+,22-,23+,24-,25+,26+,31+/m0/s1. The number of amides is 1. The van der Waals surface area contributed by atoms with Gasteiger partial charge in [0.05, 0.1) is 26.2 Å². The van der Waals surface area contributed by atoms with E-state index in [0.717, 1.165) is 34.8 Å². The summed E-state index contributed by atoms with van der Waals surface area (Å²) in [7, 11) is 1.01. The Bertz CT molecular complexity index is 1460. The van der Waals surface area contributed by atoms with Crippen LogP contribution in [-0.4, -0.2) is 138 Å². The number of alkyl halides is 3. The molecule has 0 bridgehead atoms. The van der Waals surface area contributed by atoms with Crippen LogP contribution in [0.4, 0.5) is 0 Å². The minimum absolute atomic E-state index is 0.507. The largest absolute Gasteiger partial charge is 0.465 e. The van der Waals surface area contributed by atoms with Crippen molar-refractivity contribution in [1.29, 1.82) is 0 Å². The number of carbonyl (C=O) groups excluding carboxylic acids is 6. The van der Waals surface area contributed by atoms with E-state index in [1.54, 1.807) is 27.7 Å². The molecule has 0 saturated carbocycles. The Morgan fingerprint density at radius 1 is 0.796 bits per heavy atom. The van der Waals surface area contributed by atoms with E-state index in [2.05, 4.69) is 5.32 Å². The number of rotatable bonds is 12. The van der Waals surface area contributed by atoms with E-state index >= 15 is 0 Å². The fraction of sp³-hybridized carbons (Fsp3) is 0.812. The first-order valence-electron chi connectivity index (χ1n) is 16.7. The average Bonchev–Trinajstić information content (AvgIpc) is 3.53. The van der Waals surface area contributed by atoms with Crippen molar-refractivity contribution < 1.29 is 85.6 Å². The molecule has 1 amide bonds. The van der Waals surface area contributed by atoms with Crippen LogP contribution < -0.4 is 5.32 Å². The SMILES string of the molecule is COC(=O)[C@@]1(OC[C@H]2O[C@@H]3OC(C)(C)O[C@@H]3[C@H]3OC(C)(C)O[C@H]32)C[C@H](OC(C)=O)[C@@H](NC(=O)C(Cl)(Cl)Cl)[C@H]([C@H](OC(C)=O)[C@@H](COC(C)=O)OC(C)=O)O1. The molecule has 0 aromatic carbocycles. The number of ether oxygens (including phenoxy) is 12. The van der Waals surface area contributed by atoms with Gasteiger partial charge in [-0.1, -0.05) is 34.8 Å². The molecule has 0 aromatic heterocycles. The van der Waals surface area contributed by atoms with Crippen LogP contribution >= 0.6 is 34.8 Å². The zero-order valence-corrected chi connectivity index (χ0v) is 33.1. The van der Waals surface area contributed by atoms with Crippen molar-refractivity contribution in [2.24, 2.45) is 0 Å². The monoisotopic (exact) mass is 835 g/mol. The Balaban J connectivity index is 1.82. The Labute approximate surface area is 325 Å². The van der Waals surface area contributed by atoms with Gasteiger partial charge in [-0.15, -0.1) is 0 Å². The summed E-state index contributed by atoms with van der Waals surface area (Å²) < 4.78 is 67.2. The second-order valence-corrected chi connectivity index (χ2v) is 16.0. The number of halogens is 3. The van der Waals surface area contributed by atoms with Gasteiger partial charge in [0.15, 0.2) is 30.1 Å². The summed E-state index contributed by atoms with van der Waals surface area (Å²) in [6.45, 7) is 9.60. The molecule has 4 heterocycles. The number of hydrogen-bond acceptors (Lipinski definition) is 18. The molecule has 4 saturated heterocycles. The molecule has 0 aliphatic carbocycles. The molecular formula is C32H44Cl3NO18. The quantitative estimate of drug-likeness (QED) is 0.166. The van der Waals surface area contributed by atoms with Crippen molar-refractivity contribution in [2.45, 2.75) is 144 Å². The van der Waals surface area contributed by atoms with Crippen LogP contribution in [0.1, 0.15) is 61.8 Å². The Morgan fingerprint density at radius 3 is 1.94 bits per heavy atom. The molecule has 4 rings (SSSR count). The van der Waals surface area contributed by atoms with E-state index in [9.17, 15) is 28.8 Å². The smallest absolute Gasteiger partial charge is 0.366 e. The van der Waals surface area contributed by atoms with Crippen LogP contribution in [0.25, 0.3) is 0 Å². The third kappa shape index (κ3) is 10.6. The van der Waals surface area contributed by atoms with Crippen LogP contribution in [0.3, 0.4) is 0 Å². The minimum Gasteiger partial charge on any atom is -0.465 e. The third-order valence-corrected chi connectivity index (χ3v) is 8.93. The number of nitrogens with one attached hydrogen (secondary N) is 1. The summed E-state index contributed by atoms with van der Waals surface area (Å²) in [5, 5.41) is 2.39. The van der Waals surface area contributed by atoms with Crippen LogP contribution in [0.2, 0.25) is 0 Å². The van der Waals surface area contributed by atoms with E-state index in [-0.39, 0.29) is 0 Å². The van der Waals surface area contributed by atoms with Gasteiger partial charge < -0.3 is 62.2 Å². The Hall–Kier alpha value is -2.59. The van der Waals surface area contributed by atoms with Gasteiger partial charge in [0, 0.05) is 27.7 Å². The summed E-state index contributed by atoms with van der Waals surface area (Å²) in [4.78, 5) is 76.3. The number of hydrogen-bond donors (Lipinski definition) is 1. The molecule has 306 valence electrons. The van der Waals surface area contributed by atoms with Gasteiger partial charge in [-0.2, -0.15) is 0 Å². The van der Waals surface area contributed by atoms with Gasteiger partial charge >= 0.3 is 29.8 Å². The molecule has 4 aliphatic rings. The average molecular weight is 837 g/mol. The lowest BCUT2D eigenvalue weighted by atomic mass is 9.87. The molecule has 19 nitrogen and oxygen atoms in total. The first-order chi connectivity index (χ1) is 24.9. The number of methoxy groups -OCH3 is 1. The molecule has 0 radical (unpaired) electrons. The molecule has 1 N–H and O–H groups in total. The predicted molar refractivity (Wildman–Crippen MR) is 178 cm³/mol. The summed E-state index contributed by atoms with van der Waals surface area (Å²) in [6.07, 6.45) is -12.0. The first kappa shape index (κ1) is 44.1. The fourth-order valence-corrected chi connectivity index (χ4v) is 6.75. The number of esters is 5. The molecule has 11 atom stereocenters. The summed E-state index contributed by atoms with van der Waals surface area (Å²) >= 11 is 17.6. The summed E-state index contributed by atoms with van der Waals surface area (Å²) in [5.74, 6) is -10.9.